The van der Waals surface area contributed by atoms with Crippen LogP contribution >= 0.6 is 27.5 Å². The van der Waals surface area contributed by atoms with E-state index in [0.29, 0.717) is 17.0 Å². The molecule has 1 atom stereocenters. The van der Waals surface area contributed by atoms with Crippen LogP contribution in [0.15, 0.2) is 47.2 Å². The first-order valence-electron chi connectivity index (χ1n) is 5.64. The Bertz CT molecular complexity index is 604. The summed E-state index contributed by atoms with van der Waals surface area (Å²) in [6.45, 7) is 0. The van der Waals surface area contributed by atoms with E-state index in [1.807, 2.05) is 24.3 Å². The first-order valence-corrected chi connectivity index (χ1v) is 6.81. The smallest absolute Gasteiger partial charge is 0.311 e. The predicted octanol–water partition coefficient (Wildman–Crippen LogP) is 3.91. The van der Waals surface area contributed by atoms with Crippen LogP contribution in [0, 0.1) is 0 Å². The van der Waals surface area contributed by atoms with Gasteiger partial charge in [0.2, 0.25) is 0 Å². The molecule has 5 heteroatoms. The third kappa shape index (κ3) is 3.55. The number of rotatable bonds is 4. The molecular weight excluding hydrogens is 330 g/mol. The molecule has 2 aromatic rings. The van der Waals surface area contributed by atoms with Crippen molar-refractivity contribution in [3.05, 3.63) is 63.3 Å². The molecule has 0 spiro atoms. The highest BCUT2D eigenvalue weighted by molar-refractivity contribution is 9.10. The summed E-state index contributed by atoms with van der Waals surface area (Å²) in [5, 5.41) is 9.77. The molecule has 0 saturated carbocycles. The van der Waals surface area contributed by atoms with E-state index in [2.05, 4.69) is 20.9 Å². The second kappa shape index (κ2) is 6.17. The fraction of sp³-hybridized carbons (Fsp3) is 0.143. The number of aliphatic carboxylic acids is 1. The van der Waals surface area contributed by atoms with Crippen LogP contribution in [0.1, 0.15) is 17.0 Å². The van der Waals surface area contributed by atoms with Gasteiger partial charge in [-0.2, -0.15) is 0 Å². The number of hydrogen-bond acceptors (Lipinski definition) is 2. The molecule has 1 heterocycles. The maximum absolute atomic E-state index is 11.5. The summed E-state index contributed by atoms with van der Waals surface area (Å²) in [5.74, 6) is -1.57. The van der Waals surface area contributed by atoms with Crippen molar-refractivity contribution in [2.45, 2.75) is 12.3 Å². The van der Waals surface area contributed by atoms with Crippen LogP contribution in [0.25, 0.3) is 0 Å². The van der Waals surface area contributed by atoms with Gasteiger partial charge < -0.3 is 5.11 Å². The van der Waals surface area contributed by atoms with Crippen molar-refractivity contribution >= 4 is 33.5 Å². The highest BCUT2D eigenvalue weighted by Gasteiger charge is 2.22. The Balaban J connectivity index is 2.32. The van der Waals surface area contributed by atoms with Gasteiger partial charge in [-0.25, -0.2) is 0 Å². The number of hydrogen-bond donors (Lipinski definition) is 1. The van der Waals surface area contributed by atoms with E-state index in [9.17, 15) is 9.90 Å². The SMILES string of the molecule is O=C(O)C(Cc1cccc(Br)c1)c1ccncc1Cl. The number of pyridine rings is 1. The summed E-state index contributed by atoms with van der Waals surface area (Å²) in [4.78, 5) is 15.3. The summed E-state index contributed by atoms with van der Waals surface area (Å²) in [6.07, 6.45) is 3.41. The van der Waals surface area contributed by atoms with Gasteiger partial charge in [-0.3, -0.25) is 9.78 Å². The van der Waals surface area contributed by atoms with Crippen molar-refractivity contribution in [1.82, 2.24) is 4.98 Å². The van der Waals surface area contributed by atoms with Crippen molar-refractivity contribution in [1.29, 1.82) is 0 Å². The molecule has 0 saturated heterocycles. The van der Waals surface area contributed by atoms with E-state index in [4.69, 9.17) is 11.6 Å². The average Bonchev–Trinajstić information content (AvgIpc) is 2.37. The van der Waals surface area contributed by atoms with E-state index in [0.717, 1.165) is 10.0 Å². The Kier molecular flexibility index (Phi) is 4.56. The topological polar surface area (TPSA) is 50.2 Å². The number of carbonyl (C=O) groups is 1. The zero-order valence-electron chi connectivity index (χ0n) is 9.88. The molecular formula is C14H11BrClNO2. The van der Waals surface area contributed by atoms with Crippen LogP contribution in [-0.2, 0) is 11.2 Å². The number of aromatic nitrogens is 1. The Morgan fingerprint density at radius 3 is 2.84 bits per heavy atom. The molecule has 1 N–H and O–H groups in total. The van der Waals surface area contributed by atoms with Gasteiger partial charge in [0.15, 0.2) is 0 Å². The van der Waals surface area contributed by atoms with Crippen LogP contribution < -0.4 is 0 Å². The number of nitrogens with zero attached hydrogens (tertiary/aromatic N) is 1. The number of carboxylic acid groups (broad SMARTS) is 1. The molecule has 0 radical (unpaired) electrons. The molecule has 0 fully saturated rings. The molecule has 0 amide bonds. The normalized spacial score (nSPS) is 12.1. The van der Waals surface area contributed by atoms with Crippen LogP contribution in [0.3, 0.4) is 0 Å². The highest BCUT2D eigenvalue weighted by atomic mass is 79.9. The molecule has 98 valence electrons. The molecule has 0 aliphatic carbocycles. The summed E-state index contributed by atoms with van der Waals surface area (Å²) in [6, 6.07) is 9.24. The largest absolute Gasteiger partial charge is 0.481 e. The minimum atomic E-state index is -0.895. The zero-order chi connectivity index (χ0) is 13.8. The Morgan fingerprint density at radius 2 is 2.21 bits per heavy atom. The summed E-state index contributed by atoms with van der Waals surface area (Å²) >= 11 is 9.40. The van der Waals surface area contributed by atoms with E-state index < -0.39 is 11.9 Å². The van der Waals surface area contributed by atoms with Gasteiger partial charge in [-0.05, 0) is 35.7 Å². The fourth-order valence-corrected chi connectivity index (χ4v) is 2.60. The van der Waals surface area contributed by atoms with Crippen LogP contribution in [0.2, 0.25) is 5.02 Å². The van der Waals surface area contributed by atoms with E-state index in [-0.39, 0.29) is 0 Å². The molecule has 2 rings (SSSR count). The molecule has 0 bridgehead atoms. The maximum Gasteiger partial charge on any atom is 0.311 e. The maximum atomic E-state index is 11.5. The van der Waals surface area contributed by atoms with Crippen molar-refractivity contribution in [3.8, 4) is 0 Å². The summed E-state index contributed by atoms with van der Waals surface area (Å²) in [7, 11) is 0. The van der Waals surface area contributed by atoms with Crippen molar-refractivity contribution in [2.24, 2.45) is 0 Å². The van der Waals surface area contributed by atoms with Gasteiger partial charge in [0.05, 0.1) is 10.9 Å². The highest BCUT2D eigenvalue weighted by Crippen LogP contribution is 2.27. The standard InChI is InChI=1S/C14H11BrClNO2/c15-10-3-1-2-9(6-10)7-12(14(18)19)11-4-5-17-8-13(11)16/h1-6,8,12H,7H2,(H,18,19). The van der Waals surface area contributed by atoms with Crippen molar-refractivity contribution in [2.75, 3.05) is 0 Å². The van der Waals surface area contributed by atoms with Crippen LogP contribution in [0.5, 0.6) is 0 Å². The summed E-state index contributed by atoms with van der Waals surface area (Å²) in [5.41, 5.74) is 1.53. The Hall–Kier alpha value is -1.39. The van der Waals surface area contributed by atoms with Gasteiger partial charge in [0.25, 0.3) is 0 Å². The van der Waals surface area contributed by atoms with Gasteiger partial charge in [0, 0.05) is 16.9 Å². The second-order valence-corrected chi connectivity index (χ2v) is 5.44. The third-order valence-electron chi connectivity index (χ3n) is 2.81. The molecule has 3 nitrogen and oxygen atoms in total. The van der Waals surface area contributed by atoms with Gasteiger partial charge in [0.1, 0.15) is 0 Å². The predicted molar refractivity (Wildman–Crippen MR) is 77.5 cm³/mol. The minimum absolute atomic E-state index is 0.380. The van der Waals surface area contributed by atoms with Crippen LogP contribution in [-0.4, -0.2) is 16.1 Å². The lowest BCUT2D eigenvalue weighted by Crippen LogP contribution is -2.15. The summed E-state index contributed by atoms with van der Waals surface area (Å²) < 4.78 is 0.926. The van der Waals surface area contributed by atoms with Gasteiger partial charge >= 0.3 is 5.97 Å². The van der Waals surface area contributed by atoms with E-state index in [1.54, 1.807) is 12.3 Å². The number of halogens is 2. The first kappa shape index (κ1) is 14.0. The third-order valence-corrected chi connectivity index (χ3v) is 3.62. The van der Waals surface area contributed by atoms with Crippen LogP contribution in [0.4, 0.5) is 0 Å². The van der Waals surface area contributed by atoms with Gasteiger partial charge in [-0.1, -0.05) is 39.7 Å². The lowest BCUT2D eigenvalue weighted by atomic mass is 9.93. The monoisotopic (exact) mass is 339 g/mol. The second-order valence-electron chi connectivity index (χ2n) is 4.12. The van der Waals surface area contributed by atoms with Gasteiger partial charge in [-0.15, -0.1) is 0 Å². The molecule has 0 aliphatic rings. The molecule has 1 aromatic heterocycles. The lowest BCUT2D eigenvalue weighted by molar-refractivity contribution is -0.138. The number of benzene rings is 1. The Morgan fingerprint density at radius 1 is 1.42 bits per heavy atom. The molecule has 1 aromatic carbocycles. The lowest BCUT2D eigenvalue weighted by Gasteiger charge is -2.14. The molecule has 19 heavy (non-hydrogen) atoms. The fourth-order valence-electron chi connectivity index (χ4n) is 1.90. The quantitative estimate of drug-likeness (QED) is 0.918. The van der Waals surface area contributed by atoms with Crippen molar-refractivity contribution < 1.29 is 9.90 Å². The van der Waals surface area contributed by atoms with E-state index >= 15 is 0 Å². The first-order chi connectivity index (χ1) is 9.08. The molecule has 1 unspecified atom stereocenters. The number of carboxylic acids is 1. The van der Waals surface area contributed by atoms with Crippen molar-refractivity contribution in [3.63, 3.8) is 0 Å². The Labute approximate surface area is 124 Å². The van der Waals surface area contributed by atoms with E-state index in [1.165, 1.54) is 6.20 Å². The minimum Gasteiger partial charge on any atom is -0.481 e. The zero-order valence-corrected chi connectivity index (χ0v) is 12.2. The molecule has 0 aliphatic heterocycles. The average molecular weight is 341 g/mol.